The predicted molar refractivity (Wildman–Crippen MR) is 122 cm³/mol. The number of carbonyl (C=O) groups excluding carboxylic acids is 2. The second kappa shape index (κ2) is 9.86. The molecule has 156 valence electrons. The molecule has 0 aliphatic carbocycles. The first kappa shape index (κ1) is 20.6. The molecule has 2 heterocycles. The second-order valence-electron chi connectivity index (χ2n) is 7.00. The SMILES string of the molecule is O=C(CNC(=O)c1cn(Cc2ccccc2)nc1-c1cccs1)NCc1ccccc1. The molecule has 0 atom stereocenters. The highest BCUT2D eigenvalue weighted by molar-refractivity contribution is 7.13. The number of hydrogen-bond donors (Lipinski definition) is 2. The number of amides is 2. The highest BCUT2D eigenvalue weighted by Crippen LogP contribution is 2.27. The number of benzene rings is 2. The molecular weight excluding hydrogens is 408 g/mol. The summed E-state index contributed by atoms with van der Waals surface area (Å²) >= 11 is 1.52. The molecule has 4 aromatic rings. The summed E-state index contributed by atoms with van der Waals surface area (Å²) < 4.78 is 1.76. The molecule has 0 spiro atoms. The lowest BCUT2D eigenvalue weighted by molar-refractivity contribution is -0.120. The lowest BCUT2D eigenvalue weighted by Crippen LogP contribution is -2.36. The van der Waals surface area contributed by atoms with E-state index in [1.807, 2.05) is 78.2 Å². The van der Waals surface area contributed by atoms with E-state index in [4.69, 9.17) is 0 Å². The van der Waals surface area contributed by atoms with Crippen molar-refractivity contribution in [2.45, 2.75) is 13.1 Å². The Morgan fingerprint density at radius 2 is 1.58 bits per heavy atom. The fourth-order valence-electron chi connectivity index (χ4n) is 3.15. The molecular formula is C24H22N4O2S. The van der Waals surface area contributed by atoms with Gasteiger partial charge >= 0.3 is 0 Å². The van der Waals surface area contributed by atoms with E-state index in [0.29, 0.717) is 24.3 Å². The standard InChI is InChI=1S/C24H22N4O2S/c29-22(25-14-18-8-3-1-4-9-18)15-26-24(30)20-17-28(16-19-10-5-2-6-11-19)27-23(20)21-12-7-13-31-21/h1-13,17H,14-16H2,(H,25,29)(H,26,30). The van der Waals surface area contributed by atoms with Crippen LogP contribution in [0.2, 0.25) is 0 Å². The van der Waals surface area contributed by atoms with Crippen LogP contribution in [0, 0.1) is 0 Å². The van der Waals surface area contributed by atoms with Crippen LogP contribution in [-0.2, 0) is 17.9 Å². The average Bonchev–Trinajstić information content (AvgIpc) is 3.47. The molecule has 0 aliphatic rings. The Hall–Kier alpha value is -3.71. The number of rotatable bonds is 8. The molecule has 0 radical (unpaired) electrons. The van der Waals surface area contributed by atoms with Gasteiger partial charge in [-0.25, -0.2) is 0 Å². The summed E-state index contributed by atoms with van der Waals surface area (Å²) in [6.45, 7) is 0.883. The quantitative estimate of drug-likeness (QED) is 0.447. The average molecular weight is 431 g/mol. The molecule has 2 amide bonds. The first-order valence-corrected chi connectivity index (χ1v) is 10.8. The van der Waals surface area contributed by atoms with Gasteiger partial charge in [0.1, 0.15) is 5.69 Å². The van der Waals surface area contributed by atoms with Crippen molar-refractivity contribution in [3.8, 4) is 10.6 Å². The molecule has 6 nitrogen and oxygen atoms in total. The largest absolute Gasteiger partial charge is 0.350 e. The van der Waals surface area contributed by atoms with E-state index < -0.39 is 0 Å². The Kier molecular flexibility index (Phi) is 6.54. The lowest BCUT2D eigenvalue weighted by atomic mass is 10.2. The van der Waals surface area contributed by atoms with E-state index in [1.165, 1.54) is 11.3 Å². The number of carbonyl (C=O) groups is 2. The van der Waals surface area contributed by atoms with Crippen molar-refractivity contribution in [2.24, 2.45) is 0 Å². The van der Waals surface area contributed by atoms with Crippen LogP contribution < -0.4 is 10.6 Å². The molecule has 31 heavy (non-hydrogen) atoms. The van der Waals surface area contributed by atoms with Crippen LogP contribution >= 0.6 is 11.3 Å². The van der Waals surface area contributed by atoms with Crippen LogP contribution in [0.4, 0.5) is 0 Å². The summed E-state index contributed by atoms with van der Waals surface area (Å²) in [5, 5.41) is 12.1. The van der Waals surface area contributed by atoms with Gasteiger partial charge in [-0.2, -0.15) is 5.10 Å². The second-order valence-corrected chi connectivity index (χ2v) is 7.94. The summed E-state index contributed by atoms with van der Waals surface area (Å²) in [5.41, 5.74) is 3.17. The maximum Gasteiger partial charge on any atom is 0.255 e. The zero-order valence-electron chi connectivity index (χ0n) is 16.8. The highest BCUT2D eigenvalue weighted by Gasteiger charge is 2.19. The molecule has 4 rings (SSSR count). The van der Waals surface area contributed by atoms with Gasteiger partial charge < -0.3 is 10.6 Å². The zero-order chi connectivity index (χ0) is 21.5. The molecule has 2 aromatic carbocycles. The predicted octanol–water partition coefficient (Wildman–Crippen LogP) is 3.71. The van der Waals surface area contributed by atoms with E-state index in [1.54, 1.807) is 10.9 Å². The Morgan fingerprint density at radius 3 is 2.26 bits per heavy atom. The van der Waals surface area contributed by atoms with Crippen molar-refractivity contribution in [3.63, 3.8) is 0 Å². The van der Waals surface area contributed by atoms with Crippen LogP contribution in [0.1, 0.15) is 21.5 Å². The molecule has 0 aliphatic heterocycles. The Labute approximate surface area is 184 Å². The first-order chi connectivity index (χ1) is 15.2. The zero-order valence-corrected chi connectivity index (χ0v) is 17.6. The summed E-state index contributed by atoms with van der Waals surface area (Å²) in [6.07, 6.45) is 1.74. The fourth-order valence-corrected chi connectivity index (χ4v) is 3.87. The van der Waals surface area contributed by atoms with Crippen molar-refractivity contribution >= 4 is 23.2 Å². The summed E-state index contributed by atoms with van der Waals surface area (Å²) in [5.74, 6) is -0.566. The monoisotopic (exact) mass is 430 g/mol. The van der Waals surface area contributed by atoms with Gasteiger partial charge in [-0.1, -0.05) is 66.7 Å². The smallest absolute Gasteiger partial charge is 0.255 e. The minimum Gasteiger partial charge on any atom is -0.350 e. The maximum absolute atomic E-state index is 12.9. The van der Waals surface area contributed by atoms with Gasteiger partial charge in [0.15, 0.2) is 0 Å². The van der Waals surface area contributed by atoms with E-state index in [9.17, 15) is 9.59 Å². The van der Waals surface area contributed by atoms with Crippen LogP contribution in [0.5, 0.6) is 0 Å². The van der Waals surface area contributed by atoms with E-state index >= 15 is 0 Å². The molecule has 0 bridgehead atoms. The molecule has 0 fully saturated rings. The molecule has 2 N–H and O–H groups in total. The molecule has 2 aromatic heterocycles. The lowest BCUT2D eigenvalue weighted by Gasteiger charge is -2.07. The number of nitrogens with one attached hydrogen (secondary N) is 2. The van der Waals surface area contributed by atoms with Gasteiger partial charge in [-0.15, -0.1) is 11.3 Å². The minimum absolute atomic E-state index is 0.0978. The molecule has 0 unspecified atom stereocenters. The van der Waals surface area contributed by atoms with Gasteiger partial charge in [0.05, 0.1) is 23.5 Å². The van der Waals surface area contributed by atoms with E-state index in [0.717, 1.165) is 16.0 Å². The van der Waals surface area contributed by atoms with Crippen molar-refractivity contribution in [1.82, 2.24) is 20.4 Å². The van der Waals surface area contributed by atoms with Crippen molar-refractivity contribution in [3.05, 3.63) is 101 Å². The highest BCUT2D eigenvalue weighted by atomic mass is 32.1. The molecule has 0 saturated carbocycles. The molecule has 0 saturated heterocycles. The number of hydrogen-bond acceptors (Lipinski definition) is 4. The van der Waals surface area contributed by atoms with Gasteiger partial charge in [0.25, 0.3) is 5.91 Å². The Morgan fingerprint density at radius 1 is 0.871 bits per heavy atom. The fraction of sp³-hybridized carbons (Fsp3) is 0.125. The topological polar surface area (TPSA) is 76.0 Å². The number of aromatic nitrogens is 2. The van der Waals surface area contributed by atoms with Crippen molar-refractivity contribution in [1.29, 1.82) is 0 Å². The Balaban J connectivity index is 1.43. The number of nitrogens with zero attached hydrogens (tertiary/aromatic N) is 2. The van der Waals surface area contributed by atoms with E-state index in [-0.39, 0.29) is 18.4 Å². The summed E-state index contributed by atoms with van der Waals surface area (Å²) in [7, 11) is 0. The summed E-state index contributed by atoms with van der Waals surface area (Å²) in [6, 6.07) is 23.4. The van der Waals surface area contributed by atoms with Crippen LogP contribution in [0.15, 0.2) is 84.4 Å². The third-order valence-corrected chi connectivity index (χ3v) is 5.57. The van der Waals surface area contributed by atoms with Gasteiger partial charge in [0, 0.05) is 12.7 Å². The van der Waals surface area contributed by atoms with Crippen LogP contribution in [-0.4, -0.2) is 28.1 Å². The van der Waals surface area contributed by atoms with Gasteiger partial charge in [-0.05, 0) is 22.6 Å². The van der Waals surface area contributed by atoms with Crippen LogP contribution in [0.3, 0.4) is 0 Å². The summed E-state index contributed by atoms with van der Waals surface area (Å²) in [4.78, 5) is 25.9. The normalized spacial score (nSPS) is 10.6. The van der Waals surface area contributed by atoms with Crippen LogP contribution in [0.25, 0.3) is 10.6 Å². The van der Waals surface area contributed by atoms with Gasteiger partial charge in [-0.3, -0.25) is 14.3 Å². The van der Waals surface area contributed by atoms with Crippen molar-refractivity contribution in [2.75, 3.05) is 6.54 Å². The number of thiophene rings is 1. The third kappa shape index (κ3) is 5.46. The first-order valence-electron chi connectivity index (χ1n) is 9.93. The van der Waals surface area contributed by atoms with Crippen molar-refractivity contribution < 1.29 is 9.59 Å². The Bertz CT molecular complexity index is 1140. The maximum atomic E-state index is 12.9. The minimum atomic E-state index is -0.322. The molecule has 7 heteroatoms. The van der Waals surface area contributed by atoms with E-state index in [2.05, 4.69) is 15.7 Å². The third-order valence-electron chi connectivity index (χ3n) is 4.69. The van der Waals surface area contributed by atoms with Gasteiger partial charge in [0.2, 0.25) is 5.91 Å².